The molecule has 1 aromatic heterocycles. The van der Waals surface area contributed by atoms with Crippen LogP contribution in [-0.2, 0) is 4.79 Å². The van der Waals surface area contributed by atoms with Gasteiger partial charge in [0.2, 0.25) is 12.7 Å². The zero-order valence-corrected chi connectivity index (χ0v) is 19.7. The van der Waals surface area contributed by atoms with Crippen LogP contribution in [0.25, 0.3) is 17.1 Å². The molecule has 2 aliphatic rings. The van der Waals surface area contributed by atoms with Crippen molar-refractivity contribution in [2.24, 2.45) is 11.8 Å². The summed E-state index contributed by atoms with van der Waals surface area (Å²) >= 11 is 1.40. The lowest BCUT2D eigenvalue weighted by molar-refractivity contribution is -0.120. The largest absolute Gasteiger partial charge is 0.454 e. The first-order valence-electron chi connectivity index (χ1n) is 11.4. The average Bonchev–Trinajstić information content (AvgIpc) is 3.47. The highest BCUT2D eigenvalue weighted by Gasteiger charge is 2.28. The monoisotopic (exact) mass is 464 g/mol. The molecular formula is C25H28N4O3S. The van der Waals surface area contributed by atoms with Gasteiger partial charge < -0.3 is 14.8 Å². The Labute approximate surface area is 197 Å². The summed E-state index contributed by atoms with van der Waals surface area (Å²) in [7, 11) is 0. The SMILES string of the molecule is C[C@@H]1[C@H](C)CCC[C@H]1NC(=O)CSc1nnc(-c2ccc3c(c2)OCO3)n1-c1ccccc1. The fourth-order valence-corrected chi connectivity index (χ4v) is 5.32. The van der Waals surface area contributed by atoms with Crippen molar-refractivity contribution >= 4 is 17.7 Å². The highest BCUT2D eigenvalue weighted by Crippen LogP contribution is 2.37. The normalized spacial score (nSPS) is 21.7. The summed E-state index contributed by atoms with van der Waals surface area (Å²) in [6, 6.07) is 15.9. The number of amides is 1. The van der Waals surface area contributed by atoms with Gasteiger partial charge in [-0.3, -0.25) is 9.36 Å². The standard InChI is InChI=1S/C25H28N4O3S/c1-16-7-6-10-20(17(16)2)26-23(30)14-33-25-28-27-24(29(25)19-8-4-3-5-9-19)18-11-12-21-22(13-18)32-15-31-21/h3-5,8-9,11-13,16-17,20H,6-7,10,14-15H2,1-2H3,(H,26,30)/t16-,17-,20-/m1/s1. The van der Waals surface area contributed by atoms with E-state index in [4.69, 9.17) is 9.47 Å². The molecule has 0 unspecified atom stereocenters. The summed E-state index contributed by atoms with van der Waals surface area (Å²) in [5.41, 5.74) is 1.81. The molecule has 5 rings (SSSR count). The van der Waals surface area contributed by atoms with Gasteiger partial charge in [-0.15, -0.1) is 10.2 Å². The van der Waals surface area contributed by atoms with Crippen LogP contribution in [0.4, 0.5) is 0 Å². The lowest BCUT2D eigenvalue weighted by atomic mass is 9.78. The van der Waals surface area contributed by atoms with Gasteiger partial charge in [0.1, 0.15) is 0 Å². The van der Waals surface area contributed by atoms with E-state index >= 15 is 0 Å². The van der Waals surface area contributed by atoms with Crippen molar-refractivity contribution in [1.29, 1.82) is 0 Å². The van der Waals surface area contributed by atoms with Crippen molar-refractivity contribution in [2.45, 2.75) is 44.3 Å². The summed E-state index contributed by atoms with van der Waals surface area (Å²) in [5.74, 6) is 3.58. The molecule has 1 fully saturated rings. The van der Waals surface area contributed by atoms with Gasteiger partial charge in [-0.2, -0.15) is 0 Å². The maximum Gasteiger partial charge on any atom is 0.231 e. The van der Waals surface area contributed by atoms with Gasteiger partial charge in [-0.05, 0) is 48.6 Å². The Kier molecular flexibility index (Phi) is 6.26. The van der Waals surface area contributed by atoms with Crippen molar-refractivity contribution in [3.8, 4) is 28.6 Å². The third-order valence-corrected chi connectivity index (χ3v) is 7.59. The molecule has 1 amide bonds. The molecule has 1 saturated carbocycles. The van der Waals surface area contributed by atoms with E-state index in [2.05, 4.69) is 29.4 Å². The number of aromatic nitrogens is 3. The quantitative estimate of drug-likeness (QED) is 0.533. The number of carbonyl (C=O) groups excluding carboxylic acids is 1. The number of ether oxygens (including phenoxy) is 2. The predicted octanol–water partition coefficient (Wildman–Crippen LogP) is 4.70. The van der Waals surface area contributed by atoms with Crippen LogP contribution < -0.4 is 14.8 Å². The van der Waals surface area contributed by atoms with Crippen LogP contribution in [0, 0.1) is 11.8 Å². The van der Waals surface area contributed by atoms with E-state index < -0.39 is 0 Å². The van der Waals surface area contributed by atoms with E-state index in [1.54, 1.807) is 0 Å². The number of benzene rings is 2. The Morgan fingerprint density at radius 2 is 1.91 bits per heavy atom. The Hall–Kier alpha value is -3.00. The second kappa shape index (κ2) is 9.47. The van der Waals surface area contributed by atoms with Crippen molar-refractivity contribution in [3.63, 3.8) is 0 Å². The first kappa shape index (κ1) is 21.8. The summed E-state index contributed by atoms with van der Waals surface area (Å²) in [6.07, 6.45) is 3.46. The van der Waals surface area contributed by atoms with E-state index in [1.807, 2.05) is 53.1 Å². The van der Waals surface area contributed by atoms with Crippen LogP contribution in [0.15, 0.2) is 53.7 Å². The summed E-state index contributed by atoms with van der Waals surface area (Å²) in [6.45, 7) is 4.74. The molecule has 2 heterocycles. The van der Waals surface area contributed by atoms with E-state index in [1.165, 1.54) is 24.6 Å². The summed E-state index contributed by atoms with van der Waals surface area (Å²) < 4.78 is 13.0. The zero-order chi connectivity index (χ0) is 22.8. The molecule has 0 radical (unpaired) electrons. The molecule has 0 saturated heterocycles. The smallest absolute Gasteiger partial charge is 0.231 e. The molecule has 1 aliphatic carbocycles. The Balaban J connectivity index is 1.37. The topological polar surface area (TPSA) is 78.3 Å². The van der Waals surface area contributed by atoms with Crippen LogP contribution >= 0.6 is 11.8 Å². The van der Waals surface area contributed by atoms with Crippen molar-refractivity contribution in [3.05, 3.63) is 48.5 Å². The lowest BCUT2D eigenvalue weighted by Crippen LogP contribution is -2.44. The Morgan fingerprint density at radius 1 is 1.09 bits per heavy atom. The zero-order valence-electron chi connectivity index (χ0n) is 18.9. The van der Waals surface area contributed by atoms with Crippen molar-refractivity contribution < 1.29 is 14.3 Å². The maximum absolute atomic E-state index is 12.8. The number of nitrogens with zero attached hydrogens (tertiary/aromatic N) is 3. The number of carbonyl (C=O) groups is 1. The molecule has 0 spiro atoms. The summed E-state index contributed by atoms with van der Waals surface area (Å²) in [5, 5.41) is 12.8. The second-order valence-electron chi connectivity index (χ2n) is 8.78. The third-order valence-electron chi connectivity index (χ3n) is 6.66. The second-order valence-corrected chi connectivity index (χ2v) is 9.72. The number of hydrogen-bond donors (Lipinski definition) is 1. The van der Waals surface area contributed by atoms with E-state index in [0.717, 1.165) is 23.4 Å². The minimum atomic E-state index is 0.0400. The third kappa shape index (κ3) is 4.57. The molecule has 2 aromatic carbocycles. The Bertz CT molecular complexity index is 1130. The molecule has 3 aromatic rings. The van der Waals surface area contributed by atoms with E-state index in [9.17, 15) is 4.79 Å². The summed E-state index contributed by atoms with van der Waals surface area (Å²) in [4.78, 5) is 12.8. The first-order chi connectivity index (χ1) is 16.1. The average molecular weight is 465 g/mol. The fraction of sp³-hybridized carbons (Fsp3) is 0.400. The number of hydrogen-bond acceptors (Lipinski definition) is 6. The van der Waals surface area contributed by atoms with Crippen LogP contribution in [0.1, 0.15) is 33.1 Å². The van der Waals surface area contributed by atoms with Gasteiger partial charge in [0.05, 0.1) is 5.75 Å². The lowest BCUT2D eigenvalue weighted by Gasteiger charge is -2.34. The Morgan fingerprint density at radius 3 is 2.76 bits per heavy atom. The van der Waals surface area contributed by atoms with Gasteiger partial charge >= 0.3 is 0 Å². The molecule has 33 heavy (non-hydrogen) atoms. The number of para-hydroxylation sites is 1. The molecule has 0 bridgehead atoms. The molecule has 7 nitrogen and oxygen atoms in total. The van der Waals surface area contributed by atoms with Crippen molar-refractivity contribution in [2.75, 3.05) is 12.5 Å². The minimum Gasteiger partial charge on any atom is -0.454 e. The molecule has 172 valence electrons. The van der Waals surface area contributed by atoms with Crippen LogP contribution in [0.3, 0.4) is 0 Å². The van der Waals surface area contributed by atoms with Gasteiger partial charge in [0, 0.05) is 17.3 Å². The minimum absolute atomic E-state index is 0.0400. The molecule has 8 heteroatoms. The number of nitrogens with one attached hydrogen (secondary N) is 1. The number of rotatable bonds is 6. The molecule has 1 N–H and O–H groups in total. The van der Waals surface area contributed by atoms with E-state index in [-0.39, 0.29) is 18.7 Å². The highest BCUT2D eigenvalue weighted by molar-refractivity contribution is 7.99. The van der Waals surface area contributed by atoms with Crippen LogP contribution in [0.5, 0.6) is 11.5 Å². The van der Waals surface area contributed by atoms with Crippen LogP contribution in [-0.4, -0.2) is 39.3 Å². The molecular weight excluding hydrogens is 436 g/mol. The molecule has 1 aliphatic heterocycles. The van der Waals surface area contributed by atoms with Gasteiger partial charge in [0.25, 0.3) is 0 Å². The highest BCUT2D eigenvalue weighted by atomic mass is 32.2. The maximum atomic E-state index is 12.8. The fourth-order valence-electron chi connectivity index (χ4n) is 4.56. The predicted molar refractivity (Wildman–Crippen MR) is 128 cm³/mol. The van der Waals surface area contributed by atoms with Gasteiger partial charge in [-0.1, -0.05) is 56.7 Å². The number of thioether (sulfide) groups is 1. The van der Waals surface area contributed by atoms with Crippen LogP contribution in [0.2, 0.25) is 0 Å². The van der Waals surface area contributed by atoms with Gasteiger partial charge in [0.15, 0.2) is 22.5 Å². The molecule has 3 atom stereocenters. The van der Waals surface area contributed by atoms with E-state index in [0.29, 0.717) is 34.3 Å². The first-order valence-corrected chi connectivity index (χ1v) is 12.4. The number of fused-ring (bicyclic) bond motifs is 1. The van der Waals surface area contributed by atoms with Gasteiger partial charge in [-0.25, -0.2) is 0 Å². The van der Waals surface area contributed by atoms with Crippen molar-refractivity contribution in [1.82, 2.24) is 20.1 Å².